The van der Waals surface area contributed by atoms with Crippen molar-refractivity contribution in [1.29, 1.82) is 0 Å². The van der Waals surface area contributed by atoms with Crippen molar-refractivity contribution in [2.75, 3.05) is 12.3 Å². The van der Waals surface area contributed by atoms with Gasteiger partial charge in [0.1, 0.15) is 0 Å². The summed E-state index contributed by atoms with van der Waals surface area (Å²) in [6, 6.07) is 0. The van der Waals surface area contributed by atoms with Crippen LogP contribution in [0.1, 0.15) is 26.7 Å². The average Bonchev–Trinajstić information content (AvgIpc) is 2.34. The molecule has 1 unspecified atom stereocenters. The third-order valence-corrected chi connectivity index (χ3v) is 3.04. The van der Waals surface area contributed by atoms with Gasteiger partial charge in [-0.2, -0.15) is 0 Å². The first-order valence-electron chi connectivity index (χ1n) is 4.14. The summed E-state index contributed by atoms with van der Waals surface area (Å²) >= 11 is 2.07. The molecule has 60 valence electrons. The Hall–Kier alpha value is 0.310. The zero-order valence-electron chi connectivity index (χ0n) is 6.89. The van der Waals surface area contributed by atoms with Crippen LogP contribution in [0.5, 0.6) is 0 Å². The van der Waals surface area contributed by atoms with E-state index in [1.807, 2.05) is 0 Å². The Labute approximate surface area is 68.0 Å². The minimum atomic E-state index is 0.766. The second kappa shape index (κ2) is 4.24. The minimum absolute atomic E-state index is 0.766. The van der Waals surface area contributed by atoms with E-state index in [1.165, 1.54) is 25.1 Å². The summed E-state index contributed by atoms with van der Waals surface area (Å²) in [5, 5.41) is 4.24. The molecule has 0 bridgehead atoms. The van der Waals surface area contributed by atoms with Gasteiger partial charge >= 0.3 is 0 Å². The van der Waals surface area contributed by atoms with Crippen LogP contribution in [0.3, 0.4) is 0 Å². The van der Waals surface area contributed by atoms with Gasteiger partial charge in [-0.3, -0.25) is 0 Å². The number of rotatable bonds is 3. The molecule has 0 spiro atoms. The van der Waals surface area contributed by atoms with Crippen LogP contribution in [0.15, 0.2) is 0 Å². The predicted octanol–water partition coefficient (Wildman–Crippen LogP) is 2.09. The molecule has 0 aromatic rings. The van der Waals surface area contributed by atoms with Crippen molar-refractivity contribution in [2.45, 2.75) is 32.1 Å². The number of thioether (sulfide) groups is 1. The normalized spacial score (nSPS) is 26.1. The Morgan fingerprint density at radius 1 is 1.60 bits per heavy atom. The lowest BCUT2D eigenvalue weighted by Gasteiger charge is -2.10. The highest BCUT2D eigenvalue weighted by molar-refractivity contribution is 8.00. The summed E-state index contributed by atoms with van der Waals surface area (Å²) in [5.41, 5.74) is 0. The highest BCUT2D eigenvalue weighted by atomic mass is 32.2. The van der Waals surface area contributed by atoms with Gasteiger partial charge in [-0.15, -0.1) is 11.8 Å². The lowest BCUT2D eigenvalue weighted by molar-refractivity contribution is 0.523. The maximum Gasteiger partial charge on any atom is 0.0532 e. The second-order valence-electron chi connectivity index (χ2n) is 3.28. The van der Waals surface area contributed by atoms with Crippen LogP contribution in [0.25, 0.3) is 0 Å². The first-order valence-corrected chi connectivity index (χ1v) is 5.19. The minimum Gasteiger partial charge on any atom is -0.305 e. The summed E-state index contributed by atoms with van der Waals surface area (Å²) in [6.45, 7) is 5.80. The molecule has 1 aliphatic heterocycles. The van der Waals surface area contributed by atoms with E-state index in [9.17, 15) is 0 Å². The fourth-order valence-electron chi connectivity index (χ4n) is 1.15. The summed E-state index contributed by atoms with van der Waals surface area (Å²) in [5.74, 6) is 2.17. The molecule has 0 amide bonds. The molecule has 10 heavy (non-hydrogen) atoms. The summed E-state index contributed by atoms with van der Waals surface area (Å²) < 4.78 is 0. The van der Waals surface area contributed by atoms with Gasteiger partial charge in [0, 0.05) is 12.3 Å². The quantitative estimate of drug-likeness (QED) is 0.676. The van der Waals surface area contributed by atoms with Gasteiger partial charge in [0.25, 0.3) is 0 Å². The maximum atomic E-state index is 3.47. The summed E-state index contributed by atoms with van der Waals surface area (Å²) in [6.07, 6.45) is 2.72. The van der Waals surface area contributed by atoms with Crippen LogP contribution in [0, 0.1) is 5.92 Å². The van der Waals surface area contributed by atoms with Crippen molar-refractivity contribution < 1.29 is 0 Å². The topological polar surface area (TPSA) is 12.0 Å². The van der Waals surface area contributed by atoms with Gasteiger partial charge < -0.3 is 5.32 Å². The van der Waals surface area contributed by atoms with Crippen molar-refractivity contribution in [3.63, 3.8) is 0 Å². The molecular weight excluding hydrogens is 142 g/mol. The molecule has 1 nitrogen and oxygen atoms in total. The van der Waals surface area contributed by atoms with Gasteiger partial charge in [-0.05, 0) is 18.8 Å². The van der Waals surface area contributed by atoms with E-state index in [-0.39, 0.29) is 0 Å². The molecule has 1 atom stereocenters. The lowest BCUT2D eigenvalue weighted by Crippen LogP contribution is -2.19. The Kier molecular flexibility index (Phi) is 3.57. The van der Waals surface area contributed by atoms with Gasteiger partial charge in [0.15, 0.2) is 0 Å². The molecule has 1 fully saturated rings. The number of hydrogen-bond acceptors (Lipinski definition) is 2. The first-order chi connectivity index (χ1) is 4.79. The van der Waals surface area contributed by atoms with Crippen molar-refractivity contribution in [1.82, 2.24) is 5.32 Å². The zero-order valence-corrected chi connectivity index (χ0v) is 7.71. The highest BCUT2D eigenvalue weighted by Crippen LogP contribution is 2.20. The van der Waals surface area contributed by atoms with Crippen LogP contribution in [-0.4, -0.2) is 17.7 Å². The van der Waals surface area contributed by atoms with E-state index >= 15 is 0 Å². The van der Waals surface area contributed by atoms with Crippen LogP contribution >= 0.6 is 11.8 Å². The molecule has 2 heteroatoms. The van der Waals surface area contributed by atoms with E-state index in [1.54, 1.807) is 0 Å². The first kappa shape index (κ1) is 8.41. The van der Waals surface area contributed by atoms with E-state index in [0.717, 1.165) is 11.3 Å². The van der Waals surface area contributed by atoms with E-state index in [2.05, 4.69) is 30.9 Å². The lowest BCUT2D eigenvalue weighted by atomic mass is 10.1. The Bertz CT molecular complexity index is 87.3. The molecule has 1 N–H and O–H groups in total. The van der Waals surface area contributed by atoms with Crippen LogP contribution in [0.2, 0.25) is 0 Å². The fourth-order valence-corrected chi connectivity index (χ4v) is 2.21. The van der Waals surface area contributed by atoms with E-state index < -0.39 is 0 Å². The molecule has 0 radical (unpaired) electrons. The summed E-state index contributed by atoms with van der Waals surface area (Å²) in [7, 11) is 0. The van der Waals surface area contributed by atoms with Crippen LogP contribution in [0.4, 0.5) is 0 Å². The predicted molar refractivity (Wildman–Crippen MR) is 48.3 cm³/mol. The second-order valence-corrected chi connectivity index (χ2v) is 4.60. The fraction of sp³-hybridized carbons (Fsp3) is 1.00. The zero-order chi connectivity index (χ0) is 7.40. The molecular formula is C8H17NS. The Balaban J connectivity index is 2.01. The van der Waals surface area contributed by atoms with Gasteiger partial charge in [-0.25, -0.2) is 0 Å². The van der Waals surface area contributed by atoms with Crippen LogP contribution < -0.4 is 5.32 Å². The average molecular weight is 159 g/mol. The van der Waals surface area contributed by atoms with Crippen molar-refractivity contribution in [3.05, 3.63) is 0 Å². The van der Waals surface area contributed by atoms with Gasteiger partial charge in [-0.1, -0.05) is 13.8 Å². The third kappa shape index (κ3) is 2.93. The molecule has 0 aromatic heterocycles. The molecule has 1 aliphatic rings. The van der Waals surface area contributed by atoms with Gasteiger partial charge in [0.2, 0.25) is 0 Å². The van der Waals surface area contributed by atoms with Gasteiger partial charge in [0.05, 0.1) is 5.37 Å². The molecule has 0 saturated carbocycles. The Morgan fingerprint density at radius 2 is 2.40 bits per heavy atom. The molecule has 1 heterocycles. The number of nitrogens with one attached hydrogen (secondary N) is 1. The largest absolute Gasteiger partial charge is 0.305 e. The highest BCUT2D eigenvalue weighted by Gasteiger charge is 2.13. The monoisotopic (exact) mass is 159 g/mol. The molecule has 0 aromatic carbocycles. The van der Waals surface area contributed by atoms with Crippen molar-refractivity contribution >= 4 is 11.8 Å². The smallest absolute Gasteiger partial charge is 0.0532 e. The Morgan fingerprint density at radius 3 is 2.90 bits per heavy atom. The molecule has 1 saturated heterocycles. The van der Waals surface area contributed by atoms with Crippen molar-refractivity contribution in [3.8, 4) is 0 Å². The van der Waals surface area contributed by atoms with E-state index in [4.69, 9.17) is 0 Å². The van der Waals surface area contributed by atoms with Crippen molar-refractivity contribution in [2.24, 2.45) is 5.92 Å². The summed E-state index contributed by atoms with van der Waals surface area (Å²) in [4.78, 5) is 0. The number of hydrogen-bond donors (Lipinski definition) is 1. The third-order valence-electron chi connectivity index (χ3n) is 1.80. The molecule has 1 rings (SSSR count). The maximum absolute atomic E-state index is 3.47. The van der Waals surface area contributed by atoms with E-state index in [0.29, 0.717) is 0 Å². The SMILES string of the molecule is CC(C)CCC1NCCS1. The molecule has 0 aliphatic carbocycles. The van der Waals surface area contributed by atoms with Crippen LogP contribution in [-0.2, 0) is 0 Å². The standard InChI is InChI=1S/C8H17NS/c1-7(2)3-4-8-9-5-6-10-8/h7-9H,3-6H2,1-2H3.